The standard InChI is InChI=1S/C13H15N3O3S2/c1-7-12(20-13(15-7)16-8(2)17)9-4-5-10(19-3)11(6-9)21(14)18/h4-6H,14H2,1-3H3,(H,15,16,17). The second-order valence-electron chi connectivity index (χ2n) is 4.28. The van der Waals surface area contributed by atoms with Crippen molar-refractivity contribution >= 4 is 33.4 Å². The normalized spacial score (nSPS) is 12.0. The zero-order valence-electron chi connectivity index (χ0n) is 11.8. The van der Waals surface area contributed by atoms with Crippen LogP contribution in [0.1, 0.15) is 12.6 Å². The van der Waals surface area contributed by atoms with Crippen molar-refractivity contribution in [2.75, 3.05) is 12.4 Å². The number of amides is 1. The molecule has 0 bridgehead atoms. The molecule has 2 rings (SSSR count). The third-order valence-corrected chi connectivity index (χ3v) is 4.60. The first kappa shape index (κ1) is 15.6. The van der Waals surface area contributed by atoms with E-state index in [2.05, 4.69) is 10.3 Å². The van der Waals surface area contributed by atoms with Crippen LogP contribution in [0, 0.1) is 6.92 Å². The molecule has 112 valence electrons. The number of nitrogens with zero attached hydrogens (tertiary/aromatic N) is 1. The van der Waals surface area contributed by atoms with E-state index in [-0.39, 0.29) is 5.91 Å². The van der Waals surface area contributed by atoms with Crippen molar-refractivity contribution < 1.29 is 13.7 Å². The maximum atomic E-state index is 11.6. The number of rotatable bonds is 4. The zero-order valence-corrected chi connectivity index (χ0v) is 13.4. The molecule has 1 amide bonds. The van der Waals surface area contributed by atoms with Crippen molar-refractivity contribution in [1.29, 1.82) is 0 Å². The van der Waals surface area contributed by atoms with E-state index < -0.39 is 11.0 Å². The molecule has 6 nitrogen and oxygen atoms in total. The summed E-state index contributed by atoms with van der Waals surface area (Å²) < 4.78 is 16.7. The van der Waals surface area contributed by atoms with E-state index in [0.717, 1.165) is 16.1 Å². The number of anilines is 1. The molecule has 0 aliphatic rings. The third kappa shape index (κ3) is 3.46. The van der Waals surface area contributed by atoms with Gasteiger partial charge in [-0.1, -0.05) is 11.3 Å². The van der Waals surface area contributed by atoms with Crippen LogP contribution in [0.5, 0.6) is 5.75 Å². The maximum Gasteiger partial charge on any atom is 0.223 e. The molecule has 0 aliphatic heterocycles. The van der Waals surface area contributed by atoms with Crippen LogP contribution in [0.2, 0.25) is 0 Å². The van der Waals surface area contributed by atoms with Crippen LogP contribution in [0.15, 0.2) is 23.1 Å². The van der Waals surface area contributed by atoms with Crippen molar-refractivity contribution in [2.24, 2.45) is 5.14 Å². The summed E-state index contributed by atoms with van der Waals surface area (Å²) in [7, 11) is -0.146. The number of aryl methyl sites for hydroxylation is 1. The van der Waals surface area contributed by atoms with Crippen molar-refractivity contribution in [3.05, 3.63) is 23.9 Å². The predicted molar refractivity (Wildman–Crippen MR) is 83.7 cm³/mol. The highest BCUT2D eigenvalue weighted by atomic mass is 32.2. The summed E-state index contributed by atoms with van der Waals surface area (Å²) in [6.07, 6.45) is 0. The molecule has 0 radical (unpaired) electrons. The lowest BCUT2D eigenvalue weighted by Crippen LogP contribution is -2.05. The van der Waals surface area contributed by atoms with Gasteiger partial charge in [0.1, 0.15) is 16.7 Å². The van der Waals surface area contributed by atoms with Gasteiger partial charge in [-0.2, -0.15) is 0 Å². The Kier molecular flexibility index (Phi) is 4.71. The highest BCUT2D eigenvalue weighted by molar-refractivity contribution is 7.82. The number of nitrogens with one attached hydrogen (secondary N) is 1. The lowest BCUT2D eigenvalue weighted by Gasteiger charge is -2.07. The quantitative estimate of drug-likeness (QED) is 0.899. The summed E-state index contributed by atoms with van der Waals surface area (Å²) in [6, 6.07) is 5.27. The minimum Gasteiger partial charge on any atom is -0.495 e. The van der Waals surface area contributed by atoms with Gasteiger partial charge in [0.25, 0.3) is 0 Å². The number of ether oxygens (including phenoxy) is 1. The predicted octanol–water partition coefficient (Wildman–Crippen LogP) is 2.07. The average molecular weight is 325 g/mol. The van der Waals surface area contributed by atoms with Gasteiger partial charge in [0.15, 0.2) is 5.13 Å². The number of hydrogen-bond donors (Lipinski definition) is 2. The fraction of sp³-hybridized carbons (Fsp3) is 0.231. The van der Waals surface area contributed by atoms with Gasteiger partial charge >= 0.3 is 0 Å². The molecule has 8 heteroatoms. The molecule has 0 saturated heterocycles. The fourth-order valence-corrected chi connectivity index (χ4v) is 3.45. The number of hydrogen-bond acceptors (Lipinski definition) is 5. The van der Waals surface area contributed by atoms with Crippen LogP contribution in [-0.4, -0.2) is 22.2 Å². The van der Waals surface area contributed by atoms with Gasteiger partial charge in [0, 0.05) is 6.92 Å². The Morgan fingerprint density at radius 2 is 2.19 bits per heavy atom. The Bertz CT molecular complexity index is 713. The number of carbonyl (C=O) groups is 1. The van der Waals surface area contributed by atoms with Crippen LogP contribution in [0.3, 0.4) is 0 Å². The molecular formula is C13H15N3O3S2. The Balaban J connectivity index is 2.47. The van der Waals surface area contributed by atoms with E-state index in [1.807, 2.05) is 13.0 Å². The molecule has 0 aliphatic carbocycles. The average Bonchev–Trinajstić information content (AvgIpc) is 2.77. The van der Waals surface area contributed by atoms with Gasteiger partial charge in [0.2, 0.25) is 5.91 Å². The highest BCUT2D eigenvalue weighted by Gasteiger charge is 2.14. The summed E-state index contributed by atoms with van der Waals surface area (Å²) >= 11 is 1.35. The van der Waals surface area contributed by atoms with Gasteiger partial charge < -0.3 is 10.1 Å². The Hall–Kier alpha value is -1.77. The topological polar surface area (TPSA) is 94.3 Å². The highest BCUT2D eigenvalue weighted by Crippen LogP contribution is 2.35. The zero-order chi connectivity index (χ0) is 15.6. The van der Waals surface area contributed by atoms with Gasteiger partial charge in [-0.3, -0.25) is 4.79 Å². The van der Waals surface area contributed by atoms with Crippen LogP contribution in [0.25, 0.3) is 10.4 Å². The number of carbonyl (C=O) groups excluding carboxylic acids is 1. The van der Waals surface area contributed by atoms with E-state index >= 15 is 0 Å². The molecule has 1 heterocycles. The summed E-state index contributed by atoms with van der Waals surface area (Å²) in [5, 5.41) is 8.65. The van der Waals surface area contributed by atoms with Crippen LogP contribution in [-0.2, 0) is 15.8 Å². The van der Waals surface area contributed by atoms with E-state index in [1.54, 1.807) is 12.1 Å². The molecule has 3 N–H and O–H groups in total. The minimum atomic E-state index is -1.64. The maximum absolute atomic E-state index is 11.6. The smallest absolute Gasteiger partial charge is 0.223 e. The first-order valence-electron chi connectivity index (χ1n) is 6.02. The summed E-state index contributed by atoms with van der Waals surface area (Å²) in [4.78, 5) is 16.7. The van der Waals surface area contributed by atoms with Crippen LogP contribution < -0.4 is 15.2 Å². The second-order valence-corrected chi connectivity index (χ2v) is 6.31. The third-order valence-electron chi connectivity index (χ3n) is 2.72. The van der Waals surface area contributed by atoms with Crippen molar-refractivity contribution in [3.8, 4) is 16.2 Å². The number of aromatic nitrogens is 1. The minimum absolute atomic E-state index is 0.172. The molecule has 21 heavy (non-hydrogen) atoms. The number of nitrogens with two attached hydrogens (primary N) is 1. The van der Waals surface area contributed by atoms with E-state index in [4.69, 9.17) is 9.88 Å². The summed E-state index contributed by atoms with van der Waals surface area (Å²) in [6.45, 7) is 3.28. The summed E-state index contributed by atoms with van der Waals surface area (Å²) in [5.74, 6) is 0.303. The Labute approximate surface area is 128 Å². The number of methoxy groups -OCH3 is 1. The monoisotopic (exact) mass is 325 g/mol. The fourth-order valence-electron chi connectivity index (χ4n) is 1.84. The molecule has 0 saturated carbocycles. The first-order chi connectivity index (χ1) is 9.92. The van der Waals surface area contributed by atoms with E-state index in [9.17, 15) is 9.00 Å². The van der Waals surface area contributed by atoms with Crippen molar-refractivity contribution in [1.82, 2.24) is 4.98 Å². The first-order valence-corrected chi connectivity index (χ1v) is 8.05. The lowest BCUT2D eigenvalue weighted by atomic mass is 10.1. The molecular weight excluding hydrogens is 310 g/mol. The SMILES string of the molecule is COc1ccc(-c2sc(NC(C)=O)nc2C)cc1S(N)=O. The molecule has 1 atom stereocenters. The van der Waals surface area contributed by atoms with Gasteiger partial charge in [0.05, 0.1) is 22.6 Å². The second kappa shape index (κ2) is 6.33. The van der Waals surface area contributed by atoms with Crippen molar-refractivity contribution in [3.63, 3.8) is 0 Å². The van der Waals surface area contributed by atoms with E-state index in [0.29, 0.717) is 15.8 Å². The lowest BCUT2D eigenvalue weighted by molar-refractivity contribution is -0.114. The molecule has 0 fully saturated rings. The van der Waals surface area contributed by atoms with E-state index in [1.165, 1.54) is 25.4 Å². The molecule has 1 aromatic carbocycles. The van der Waals surface area contributed by atoms with Crippen LogP contribution >= 0.6 is 11.3 Å². The Morgan fingerprint density at radius 1 is 1.48 bits per heavy atom. The van der Waals surface area contributed by atoms with Crippen LogP contribution in [0.4, 0.5) is 5.13 Å². The molecule has 0 spiro atoms. The molecule has 2 aromatic rings. The number of thiazole rings is 1. The summed E-state index contributed by atoms with van der Waals surface area (Å²) in [5.41, 5.74) is 1.61. The van der Waals surface area contributed by atoms with Crippen molar-refractivity contribution in [2.45, 2.75) is 18.7 Å². The Morgan fingerprint density at radius 3 is 2.76 bits per heavy atom. The van der Waals surface area contributed by atoms with Gasteiger partial charge in [-0.25, -0.2) is 14.3 Å². The largest absolute Gasteiger partial charge is 0.495 e. The van der Waals surface area contributed by atoms with Gasteiger partial charge in [-0.05, 0) is 30.7 Å². The van der Waals surface area contributed by atoms with Gasteiger partial charge in [-0.15, -0.1) is 0 Å². The molecule has 1 unspecified atom stereocenters. The number of benzene rings is 1. The molecule has 1 aromatic heterocycles.